The highest BCUT2D eigenvalue weighted by atomic mass is 16.5. The second-order valence-corrected chi connectivity index (χ2v) is 5.29. The summed E-state index contributed by atoms with van der Waals surface area (Å²) in [7, 11) is 5.45. The Hall–Kier alpha value is -3.05. The molecule has 1 aromatic carbocycles. The molecule has 126 valence electrons. The summed E-state index contributed by atoms with van der Waals surface area (Å²) in [6, 6.07) is 7.34. The Labute approximate surface area is 140 Å². The Balaban J connectivity index is 2.57. The van der Waals surface area contributed by atoms with E-state index in [1.54, 1.807) is 25.3 Å². The van der Waals surface area contributed by atoms with Crippen molar-refractivity contribution in [1.82, 2.24) is 14.9 Å². The van der Waals surface area contributed by atoms with E-state index in [4.69, 9.17) is 20.9 Å². The third kappa shape index (κ3) is 3.64. The lowest BCUT2D eigenvalue weighted by molar-refractivity contribution is 0.251. The van der Waals surface area contributed by atoms with E-state index in [9.17, 15) is 5.26 Å². The lowest BCUT2D eigenvalue weighted by atomic mass is 10.1. The minimum atomic E-state index is -0.0106. The summed E-state index contributed by atoms with van der Waals surface area (Å²) in [5.74, 6) is 1.03. The fourth-order valence-electron chi connectivity index (χ4n) is 2.14. The molecule has 0 radical (unpaired) electrons. The highest BCUT2D eigenvalue weighted by molar-refractivity contribution is 5.79. The number of hydrogen-bond donors (Lipinski definition) is 2. The van der Waals surface area contributed by atoms with Crippen LogP contribution in [0.3, 0.4) is 0 Å². The second-order valence-electron chi connectivity index (χ2n) is 5.29. The van der Waals surface area contributed by atoms with Gasteiger partial charge in [-0.15, -0.1) is 0 Å². The normalized spacial score (nSPS) is 10.5. The summed E-state index contributed by atoms with van der Waals surface area (Å²) in [6.07, 6.45) is 0. The molecule has 8 heteroatoms. The number of para-hydroxylation sites is 1. The molecular formula is C16H20N6O2. The summed E-state index contributed by atoms with van der Waals surface area (Å²) in [6.45, 7) is 1.16. The van der Waals surface area contributed by atoms with Crippen molar-refractivity contribution in [2.24, 2.45) is 0 Å². The van der Waals surface area contributed by atoms with Gasteiger partial charge in [-0.3, -0.25) is 0 Å². The van der Waals surface area contributed by atoms with Crippen LogP contribution in [0.25, 0.3) is 11.3 Å². The zero-order valence-electron chi connectivity index (χ0n) is 13.9. The van der Waals surface area contributed by atoms with E-state index >= 15 is 0 Å². The van der Waals surface area contributed by atoms with Crippen LogP contribution in [0.4, 0.5) is 11.8 Å². The van der Waals surface area contributed by atoms with Gasteiger partial charge in [0.1, 0.15) is 24.1 Å². The van der Waals surface area contributed by atoms with Crippen LogP contribution in [-0.4, -0.2) is 49.2 Å². The molecule has 0 aliphatic carbocycles. The number of nitrogen functional groups attached to an aromatic ring is 2. The van der Waals surface area contributed by atoms with Crippen LogP contribution in [-0.2, 0) is 0 Å². The van der Waals surface area contributed by atoms with Crippen molar-refractivity contribution < 1.29 is 9.47 Å². The Morgan fingerprint density at radius 2 is 2.00 bits per heavy atom. The van der Waals surface area contributed by atoms with E-state index in [0.717, 1.165) is 6.54 Å². The zero-order chi connectivity index (χ0) is 17.7. The molecule has 0 atom stereocenters. The van der Waals surface area contributed by atoms with Crippen LogP contribution >= 0.6 is 0 Å². The number of aromatic nitrogens is 2. The van der Waals surface area contributed by atoms with Gasteiger partial charge in [-0.2, -0.15) is 10.2 Å². The van der Waals surface area contributed by atoms with Gasteiger partial charge >= 0.3 is 0 Å². The molecule has 0 saturated carbocycles. The third-order valence-corrected chi connectivity index (χ3v) is 3.30. The maximum absolute atomic E-state index is 9.39. The fraction of sp³-hybridized carbons (Fsp3) is 0.312. The Kier molecular flexibility index (Phi) is 5.39. The molecule has 0 bridgehead atoms. The molecule has 2 aromatic rings. The zero-order valence-corrected chi connectivity index (χ0v) is 13.9. The van der Waals surface area contributed by atoms with Gasteiger partial charge in [-0.25, -0.2) is 4.98 Å². The van der Waals surface area contributed by atoms with Crippen LogP contribution in [0, 0.1) is 11.3 Å². The van der Waals surface area contributed by atoms with E-state index in [0.29, 0.717) is 29.4 Å². The monoisotopic (exact) mass is 328 g/mol. The molecule has 0 fully saturated rings. The van der Waals surface area contributed by atoms with Gasteiger partial charge < -0.3 is 25.8 Å². The lowest BCUT2D eigenvalue weighted by Gasteiger charge is -2.17. The van der Waals surface area contributed by atoms with Crippen LogP contribution in [0.2, 0.25) is 0 Å². The van der Waals surface area contributed by atoms with Gasteiger partial charge in [0.15, 0.2) is 11.5 Å². The van der Waals surface area contributed by atoms with E-state index in [1.165, 1.54) is 0 Å². The molecule has 0 spiro atoms. The van der Waals surface area contributed by atoms with Crippen molar-refractivity contribution >= 4 is 11.8 Å². The van der Waals surface area contributed by atoms with E-state index in [-0.39, 0.29) is 17.3 Å². The number of nitriles is 1. The van der Waals surface area contributed by atoms with Crippen molar-refractivity contribution in [3.8, 4) is 28.8 Å². The van der Waals surface area contributed by atoms with Gasteiger partial charge in [0, 0.05) is 12.1 Å². The fourth-order valence-corrected chi connectivity index (χ4v) is 2.14. The second kappa shape index (κ2) is 7.48. The smallest absolute Gasteiger partial charge is 0.222 e. The SMILES string of the molecule is COc1cccc(-c2nc(N)nc(N)c2C#N)c1OCCN(C)C. The average Bonchev–Trinajstić information content (AvgIpc) is 2.54. The number of nitrogens with two attached hydrogens (primary N) is 2. The maximum Gasteiger partial charge on any atom is 0.222 e. The van der Waals surface area contributed by atoms with Crippen LogP contribution in [0.5, 0.6) is 11.5 Å². The number of likely N-dealkylation sites (N-methyl/N-ethyl adjacent to an activating group) is 1. The summed E-state index contributed by atoms with van der Waals surface area (Å²) in [5, 5.41) is 9.39. The molecule has 0 aliphatic rings. The van der Waals surface area contributed by atoms with Gasteiger partial charge in [-0.1, -0.05) is 6.07 Å². The first-order valence-electron chi connectivity index (χ1n) is 7.26. The van der Waals surface area contributed by atoms with Crippen molar-refractivity contribution in [2.45, 2.75) is 0 Å². The largest absolute Gasteiger partial charge is 0.493 e. The molecular weight excluding hydrogens is 308 g/mol. The number of rotatable bonds is 6. The average molecular weight is 328 g/mol. The first-order chi connectivity index (χ1) is 11.5. The summed E-state index contributed by atoms with van der Waals surface area (Å²) in [4.78, 5) is 10.0. The van der Waals surface area contributed by atoms with Crippen LogP contribution < -0.4 is 20.9 Å². The Bertz CT molecular complexity index is 770. The predicted molar refractivity (Wildman–Crippen MR) is 91.6 cm³/mol. The van der Waals surface area contributed by atoms with Gasteiger partial charge in [0.05, 0.1) is 12.8 Å². The van der Waals surface area contributed by atoms with Crippen molar-refractivity contribution in [1.29, 1.82) is 5.26 Å². The summed E-state index contributed by atoms with van der Waals surface area (Å²) >= 11 is 0. The highest BCUT2D eigenvalue weighted by Gasteiger charge is 2.19. The minimum absolute atomic E-state index is 0.0106. The molecule has 0 saturated heterocycles. The topological polar surface area (TPSA) is 123 Å². The Morgan fingerprint density at radius 1 is 1.25 bits per heavy atom. The molecule has 2 rings (SSSR count). The number of nitrogens with zero attached hydrogens (tertiary/aromatic N) is 4. The summed E-state index contributed by atoms with van der Waals surface area (Å²) < 4.78 is 11.3. The predicted octanol–water partition coefficient (Wildman–Crippen LogP) is 1.13. The molecule has 0 amide bonds. The highest BCUT2D eigenvalue weighted by Crippen LogP contribution is 2.39. The first kappa shape index (κ1) is 17.3. The minimum Gasteiger partial charge on any atom is -0.493 e. The number of anilines is 2. The van der Waals surface area contributed by atoms with Gasteiger partial charge in [0.2, 0.25) is 5.95 Å². The standard InChI is InChI=1S/C16H20N6O2/c1-22(2)7-8-24-14-10(5-4-6-12(14)23-3)13-11(9-17)15(18)21-16(19)20-13/h4-6H,7-8H2,1-3H3,(H4,18,19,20,21). The van der Waals surface area contributed by atoms with E-state index < -0.39 is 0 Å². The van der Waals surface area contributed by atoms with E-state index in [1.807, 2.05) is 25.1 Å². The van der Waals surface area contributed by atoms with Crippen molar-refractivity contribution in [3.63, 3.8) is 0 Å². The summed E-state index contributed by atoms with van der Waals surface area (Å²) in [5.41, 5.74) is 12.5. The van der Waals surface area contributed by atoms with Gasteiger partial charge in [0.25, 0.3) is 0 Å². The van der Waals surface area contributed by atoms with Crippen molar-refractivity contribution in [3.05, 3.63) is 23.8 Å². The molecule has 0 unspecified atom stereocenters. The molecule has 0 aliphatic heterocycles. The molecule has 8 nitrogen and oxygen atoms in total. The quantitative estimate of drug-likeness (QED) is 0.808. The maximum atomic E-state index is 9.39. The number of hydrogen-bond acceptors (Lipinski definition) is 8. The van der Waals surface area contributed by atoms with Crippen LogP contribution in [0.1, 0.15) is 5.56 Å². The number of ether oxygens (including phenoxy) is 2. The lowest BCUT2D eigenvalue weighted by Crippen LogP contribution is -2.19. The number of benzene rings is 1. The number of methoxy groups -OCH3 is 1. The molecule has 1 heterocycles. The van der Waals surface area contributed by atoms with Gasteiger partial charge in [-0.05, 0) is 26.2 Å². The van der Waals surface area contributed by atoms with Crippen LogP contribution in [0.15, 0.2) is 18.2 Å². The molecule has 24 heavy (non-hydrogen) atoms. The first-order valence-corrected chi connectivity index (χ1v) is 7.26. The van der Waals surface area contributed by atoms with E-state index in [2.05, 4.69) is 9.97 Å². The van der Waals surface area contributed by atoms with Crippen molar-refractivity contribution in [2.75, 3.05) is 45.8 Å². The molecule has 1 aromatic heterocycles. The Morgan fingerprint density at radius 3 is 2.62 bits per heavy atom. The molecule has 4 N–H and O–H groups in total. The third-order valence-electron chi connectivity index (χ3n) is 3.30.